The summed E-state index contributed by atoms with van der Waals surface area (Å²) in [5.41, 5.74) is 12.2. The Morgan fingerprint density at radius 1 is 0.576 bits per heavy atom. The minimum absolute atomic E-state index is 0.242. The highest BCUT2D eigenvalue weighted by molar-refractivity contribution is 7.18. The van der Waals surface area contributed by atoms with Crippen molar-refractivity contribution >= 4 is 84.3 Å². The summed E-state index contributed by atoms with van der Waals surface area (Å²) < 4.78 is 9.09. The highest BCUT2D eigenvalue weighted by atomic mass is 28.3. The minimum Gasteiger partial charge on any atom is -0.456 e. The lowest BCUT2D eigenvalue weighted by atomic mass is 9.91. The summed E-state index contributed by atoms with van der Waals surface area (Å²) in [5.74, 6) is 0.789. The van der Waals surface area contributed by atoms with Gasteiger partial charge in [-0.05, 0) is 99.2 Å². The Morgan fingerprint density at radius 3 is 2.15 bits per heavy atom. The van der Waals surface area contributed by atoms with E-state index in [9.17, 15) is 0 Å². The largest absolute Gasteiger partial charge is 0.456 e. The third kappa shape index (κ3) is 4.52. The number of benzene rings is 7. The lowest BCUT2D eigenvalue weighted by molar-refractivity contribution is 0.669. The number of hydrogen-bond acceptors (Lipinski definition) is 2. The molecule has 280 valence electrons. The average Bonchev–Trinajstić information content (AvgIpc) is 4.01. The number of anilines is 2. The van der Waals surface area contributed by atoms with Gasteiger partial charge in [-0.15, -0.1) is 0 Å². The molecule has 4 heterocycles. The lowest BCUT2D eigenvalue weighted by Crippen LogP contribution is -2.67. The molecule has 0 fully saturated rings. The molecule has 0 spiro atoms. The standard InChI is InChI=1S/C55H40N2OSi/c1-35-25-28-45-44-19-6-11-24-54(44)59(55(45)31-35,38-14-12-13-36(32-38)56-48-20-7-2-15-40(48)41-16-3-8-21-49(41)56)39-27-30-53-47(34-39)46-33-37(26-29-52(46)58-53)57-50-22-9-4-17-42(50)43-18-5-10-23-51(43)57/h2-30,32-35,40,48H,31H2,1H3. The molecule has 59 heavy (non-hydrogen) atoms. The molecule has 0 radical (unpaired) electrons. The van der Waals surface area contributed by atoms with Crippen LogP contribution in [0, 0.1) is 5.92 Å². The van der Waals surface area contributed by atoms with Crippen molar-refractivity contribution in [1.29, 1.82) is 0 Å². The van der Waals surface area contributed by atoms with Crippen LogP contribution in [0.2, 0.25) is 0 Å². The summed E-state index contributed by atoms with van der Waals surface area (Å²) in [5, 5.41) is 10.8. The van der Waals surface area contributed by atoms with E-state index in [1.165, 1.54) is 70.8 Å². The molecule has 2 aliphatic carbocycles. The zero-order chi connectivity index (χ0) is 38.8. The topological polar surface area (TPSA) is 21.3 Å². The summed E-state index contributed by atoms with van der Waals surface area (Å²) in [6, 6.07) is 59.6. The van der Waals surface area contributed by atoms with Crippen LogP contribution in [0.15, 0.2) is 204 Å². The molecule has 0 amide bonds. The Hall–Kier alpha value is -6.88. The molecule has 7 aromatic carbocycles. The Bertz CT molecular complexity index is 3320. The lowest BCUT2D eigenvalue weighted by Gasteiger charge is -2.36. The smallest absolute Gasteiger partial charge is 0.176 e. The maximum atomic E-state index is 6.68. The van der Waals surface area contributed by atoms with Gasteiger partial charge in [0, 0.05) is 44.5 Å². The number of hydrogen-bond donors (Lipinski definition) is 0. The van der Waals surface area contributed by atoms with Crippen molar-refractivity contribution in [3.63, 3.8) is 0 Å². The molecule has 9 aromatic rings. The highest BCUT2D eigenvalue weighted by Crippen LogP contribution is 2.48. The van der Waals surface area contributed by atoms with Crippen LogP contribution in [0.3, 0.4) is 0 Å². The summed E-state index contributed by atoms with van der Waals surface area (Å²) in [7, 11) is -2.82. The quantitative estimate of drug-likeness (QED) is 0.166. The van der Waals surface area contributed by atoms with Crippen molar-refractivity contribution < 1.29 is 4.42 Å². The van der Waals surface area contributed by atoms with Gasteiger partial charge >= 0.3 is 0 Å². The van der Waals surface area contributed by atoms with Gasteiger partial charge in [0.05, 0.1) is 17.1 Å². The van der Waals surface area contributed by atoms with Crippen molar-refractivity contribution in [3.8, 4) is 5.69 Å². The van der Waals surface area contributed by atoms with Crippen LogP contribution < -0.4 is 20.5 Å². The molecule has 4 unspecified atom stereocenters. The maximum Gasteiger partial charge on any atom is 0.176 e. The van der Waals surface area contributed by atoms with E-state index in [-0.39, 0.29) is 6.04 Å². The second-order valence-corrected chi connectivity index (χ2v) is 20.7. The number of furan rings is 1. The van der Waals surface area contributed by atoms with E-state index in [1.807, 2.05) is 0 Å². The number of rotatable bonds is 4. The first-order chi connectivity index (χ1) is 29.2. The summed E-state index contributed by atoms with van der Waals surface area (Å²) in [6.07, 6.45) is 15.1. The van der Waals surface area contributed by atoms with Crippen LogP contribution in [0.4, 0.5) is 11.4 Å². The maximum absolute atomic E-state index is 6.68. The van der Waals surface area contributed by atoms with Crippen LogP contribution in [0.5, 0.6) is 0 Å². The van der Waals surface area contributed by atoms with Crippen LogP contribution in [0.1, 0.15) is 30.4 Å². The van der Waals surface area contributed by atoms with E-state index in [1.54, 1.807) is 5.20 Å². The first-order valence-electron chi connectivity index (χ1n) is 21.0. The van der Waals surface area contributed by atoms with Gasteiger partial charge < -0.3 is 13.9 Å². The molecule has 2 aromatic heterocycles. The van der Waals surface area contributed by atoms with Gasteiger partial charge in [0.1, 0.15) is 11.2 Å². The molecule has 0 saturated carbocycles. The van der Waals surface area contributed by atoms with Crippen molar-refractivity contribution in [3.05, 3.63) is 211 Å². The van der Waals surface area contributed by atoms with Crippen molar-refractivity contribution in [2.45, 2.75) is 25.3 Å². The van der Waals surface area contributed by atoms with Crippen molar-refractivity contribution in [1.82, 2.24) is 4.57 Å². The van der Waals surface area contributed by atoms with Gasteiger partial charge in [0.25, 0.3) is 0 Å². The molecule has 13 rings (SSSR count). The molecule has 0 bridgehead atoms. The number of fused-ring (bicyclic) bond motifs is 11. The molecule has 4 atom stereocenters. The third-order valence-corrected chi connectivity index (χ3v) is 18.7. The molecular formula is C55H40N2OSi. The summed E-state index contributed by atoms with van der Waals surface area (Å²) in [4.78, 5) is 2.59. The Kier molecular flexibility index (Phi) is 6.91. The summed E-state index contributed by atoms with van der Waals surface area (Å²) >= 11 is 0. The minimum atomic E-state index is -2.82. The molecule has 3 nitrogen and oxygen atoms in total. The fourth-order valence-electron chi connectivity index (χ4n) is 11.3. The fraction of sp³-hybridized carbons (Fsp3) is 0.0909. The molecule has 4 aliphatic rings. The first kappa shape index (κ1) is 33.1. The van der Waals surface area contributed by atoms with E-state index in [0.717, 1.165) is 28.7 Å². The predicted molar refractivity (Wildman–Crippen MR) is 249 cm³/mol. The molecule has 0 N–H and O–H groups in total. The number of aromatic nitrogens is 1. The number of nitrogens with zero attached hydrogens (tertiary/aromatic N) is 2. The van der Waals surface area contributed by atoms with E-state index >= 15 is 0 Å². The Balaban J connectivity index is 1.06. The van der Waals surface area contributed by atoms with Gasteiger partial charge in [-0.3, -0.25) is 0 Å². The monoisotopic (exact) mass is 772 g/mol. The predicted octanol–water partition coefficient (Wildman–Crippen LogP) is 11.8. The van der Waals surface area contributed by atoms with Crippen LogP contribution in [-0.4, -0.2) is 18.7 Å². The number of allylic oxidation sites excluding steroid dienone is 6. The Labute approximate surface area is 344 Å². The molecule has 2 aliphatic heterocycles. The normalized spacial score (nSPS) is 21.5. The van der Waals surface area contributed by atoms with Crippen LogP contribution >= 0.6 is 0 Å². The van der Waals surface area contributed by atoms with Crippen LogP contribution in [-0.2, 0) is 0 Å². The van der Waals surface area contributed by atoms with Gasteiger partial charge in [0.2, 0.25) is 0 Å². The third-order valence-electron chi connectivity index (χ3n) is 13.8. The van der Waals surface area contributed by atoms with Gasteiger partial charge in [0.15, 0.2) is 8.07 Å². The Morgan fingerprint density at radius 2 is 1.29 bits per heavy atom. The van der Waals surface area contributed by atoms with Crippen LogP contribution in [0.25, 0.3) is 55.0 Å². The molecular weight excluding hydrogens is 733 g/mol. The molecule has 0 saturated heterocycles. The zero-order valence-electron chi connectivity index (χ0n) is 32.7. The fourth-order valence-corrected chi connectivity index (χ4v) is 16.9. The van der Waals surface area contributed by atoms with Gasteiger partial charge in [-0.25, -0.2) is 0 Å². The van der Waals surface area contributed by atoms with Crippen molar-refractivity contribution in [2.24, 2.45) is 5.92 Å². The second-order valence-electron chi connectivity index (χ2n) is 16.9. The summed E-state index contributed by atoms with van der Waals surface area (Å²) in [6.45, 7) is 2.38. The zero-order valence-corrected chi connectivity index (χ0v) is 33.7. The highest BCUT2D eigenvalue weighted by Gasteiger charge is 2.51. The average molecular weight is 773 g/mol. The van der Waals surface area contributed by atoms with E-state index in [4.69, 9.17) is 4.42 Å². The van der Waals surface area contributed by atoms with E-state index in [2.05, 4.69) is 211 Å². The van der Waals surface area contributed by atoms with E-state index < -0.39 is 8.07 Å². The first-order valence-corrected chi connectivity index (χ1v) is 23.0. The van der Waals surface area contributed by atoms with Crippen molar-refractivity contribution in [2.75, 3.05) is 4.90 Å². The SMILES string of the molecule is CC1C=CC2=C(C1)[Si](c1cccc(N3c4ccccc4C4C=CC=CC43)c1)(c1ccc3oc4ccc(-n5c6ccccc6c6ccccc65)cc4c3c1)c1ccccc12. The number of para-hydroxylation sites is 3. The van der Waals surface area contributed by atoms with Gasteiger partial charge in [-0.1, -0.05) is 152 Å². The van der Waals surface area contributed by atoms with Gasteiger partial charge in [-0.2, -0.15) is 0 Å². The van der Waals surface area contributed by atoms with E-state index in [0.29, 0.717) is 11.8 Å². The second kappa shape index (κ2) is 12.3. The molecule has 4 heteroatoms.